The van der Waals surface area contributed by atoms with Crippen LogP contribution in [-0.2, 0) is 14.3 Å². The quantitative estimate of drug-likeness (QED) is 0.262. The second-order valence-electron chi connectivity index (χ2n) is 9.31. The van der Waals surface area contributed by atoms with Crippen LogP contribution in [0.15, 0.2) is 54.6 Å². The summed E-state index contributed by atoms with van der Waals surface area (Å²) in [6, 6.07) is 10.8. The maximum atomic E-state index is 13.4. The van der Waals surface area contributed by atoms with Crippen molar-refractivity contribution in [3.8, 4) is 0 Å². The average Bonchev–Trinajstić information content (AvgIpc) is 3.60. The highest BCUT2D eigenvalue weighted by atomic mass is 35.5. The van der Waals surface area contributed by atoms with Crippen molar-refractivity contribution in [2.45, 2.75) is 6.42 Å². The van der Waals surface area contributed by atoms with Crippen LogP contribution in [0.25, 0.3) is 0 Å². The number of ketones is 1. The Hall–Kier alpha value is -2.96. The van der Waals surface area contributed by atoms with E-state index in [0.717, 1.165) is 11.3 Å². The fraction of sp³-hybridized carbons (Fsp3) is 0.308. The lowest BCUT2D eigenvalue weighted by molar-refractivity contribution is -0.124. The van der Waals surface area contributed by atoms with Gasteiger partial charge in [-0.15, -0.1) is 0 Å². The Labute approximate surface area is 205 Å². The van der Waals surface area contributed by atoms with Crippen LogP contribution in [0.1, 0.15) is 27.1 Å². The van der Waals surface area contributed by atoms with Crippen molar-refractivity contribution in [2.75, 3.05) is 11.5 Å². The van der Waals surface area contributed by atoms with Crippen molar-refractivity contribution in [3.63, 3.8) is 0 Å². The standard InChI is InChI=1S/C26H19Cl2NO5/c27-12-5-6-15(19(28)9-12)21(30)11-34-26(33)16-3-1-2-4-20(16)29-24(31)22-13-7-8-14(18-10-17(13)18)23(22)25(29)32/h1-9,13-14,17-18,22-23H,10-11H2/t13-,14-,17-,18-,22-,23+/m1/s1. The summed E-state index contributed by atoms with van der Waals surface area (Å²) in [5, 5.41) is 0.542. The van der Waals surface area contributed by atoms with Gasteiger partial charge in [0.1, 0.15) is 0 Å². The summed E-state index contributed by atoms with van der Waals surface area (Å²) in [7, 11) is 0. The molecule has 8 heteroatoms. The minimum Gasteiger partial charge on any atom is -0.454 e. The molecule has 1 aliphatic heterocycles. The van der Waals surface area contributed by atoms with Crippen LogP contribution in [-0.4, -0.2) is 30.2 Å². The summed E-state index contributed by atoms with van der Waals surface area (Å²) < 4.78 is 5.26. The van der Waals surface area contributed by atoms with Crippen molar-refractivity contribution in [2.24, 2.45) is 35.5 Å². The molecular weight excluding hydrogens is 477 g/mol. The second-order valence-corrected chi connectivity index (χ2v) is 10.2. The summed E-state index contributed by atoms with van der Waals surface area (Å²) >= 11 is 11.9. The van der Waals surface area contributed by atoms with E-state index < -0.39 is 18.4 Å². The number of carbonyl (C=O) groups is 4. The molecule has 6 atom stereocenters. The van der Waals surface area contributed by atoms with E-state index in [0.29, 0.717) is 16.9 Å². The van der Waals surface area contributed by atoms with Crippen LogP contribution in [0.5, 0.6) is 0 Å². The molecule has 2 aromatic carbocycles. The number of carbonyl (C=O) groups excluding carboxylic acids is 4. The van der Waals surface area contributed by atoms with E-state index in [4.69, 9.17) is 27.9 Å². The van der Waals surface area contributed by atoms with Gasteiger partial charge in [-0.25, -0.2) is 9.69 Å². The number of rotatable bonds is 5. The SMILES string of the molecule is O=C(COC(=O)c1ccccc1N1C(=O)[C@@H]2[C@@H]3C=C[C@H]([C@H]4C[C@H]34)[C@@H]2C1=O)c1ccc(Cl)cc1Cl. The first-order valence-corrected chi connectivity index (χ1v) is 11.9. The number of para-hydroxylation sites is 1. The van der Waals surface area contributed by atoms with E-state index >= 15 is 0 Å². The van der Waals surface area contributed by atoms with E-state index in [1.54, 1.807) is 18.2 Å². The normalized spacial score (nSPS) is 30.2. The molecule has 7 rings (SSSR count). The van der Waals surface area contributed by atoms with Crippen LogP contribution in [0.2, 0.25) is 10.0 Å². The summed E-state index contributed by atoms with van der Waals surface area (Å²) in [5.41, 5.74) is 0.438. The molecule has 1 heterocycles. The van der Waals surface area contributed by atoms with Crippen molar-refractivity contribution >= 4 is 52.5 Å². The van der Waals surface area contributed by atoms with Gasteiger partial charge < -0.3 is 4.74 Å². The Balaban J connectivity index is 1.24. The topological polar surface area (TPSA) is 80.8 Å². The molecule has 3 fully saturated rings. The number of halogens is 2. The second kappa shape index (κ2) is 7.79. The molecule has 2 bridgehead atoms. The largest absolute Gasteiger partial charge is 0.454 e. The Morgan fingerprint density at radius 1 is 0.912 bits per heavy atom. The first-order valence-electron chi connectivity index (χ1n) is 11.2. The van der Waals surface area contributed by atoms with Gasteiger partial charge in [-0.2, -0.15) is 0 Å². The first-order chi connectivity index (χ1) is 16.4. The highest BCUT2D eigenvalue weighted by molar-refractivity contribution is 6.37. The summed E-state index contributed by atoms with van der Waals surface area (Å²) in [6.45, 7) is -0.543. The van der Waals surface area contributed by atoms with Gasteiger partial charge in [-0.1, -0.05) is 47.5 Å². The monoisotopic (exact) mass is 495 g/mol. The van der Waals surface area contributed by atoms with Crippen LogP contribution < -0.4 is 4.90 Å². The zero-order valence-electron chi connectivity index (χ0n) is 17.8. The third-order valence-electron chi connectivity index (χ3n) is 7.59. The van der Waals surface area contributed by atoms with Crippen molar-refractivity contribution in [1.29, 1.82) is 0 Å². The third-order valence-corrected chi connectivity index (χ3v) is 8.14. The Morgan fingerprint density at radius 2 is 1.56 bits per heavy atom. The molecule has 0 spiro atoms. The fourth-order valence-electron chi connectivity index (χ4n) is 6.04. The van der Waals surface area contributed by atoms with Gasteiger partial charge >= 0.3 is 5.97 Å². The predicted molar refractivity (Wildman–Crippen MR) is 125 cm³/mol. The number of benzene rings is 2. The number of Topliss-reactive ketones (excluding diaryl/α,β-unsaturated/α-hetero) is 1. The van der Waals surface area contributed by atoms with Crippen LogP contribution >= 0.6 is 23.2 Å². The number of esters is 1. The number of allylic oxidation sites excluding steroid dienone is 2. The van der Waals surface area contributed by atoms with E-state index in [2.05, 4.69) is 12.2 Å². The number of amides is 2. The lowest BCUT2D eigenvalue weighted by Gasteiger charge is -2.37. The lowest BCUT2D eigenvalue weighted by Crippen LogP contribution is -2.40. The van der Waals surface area contributed by atoms with Crippen molar-refractivity contribution < 1.29 is 23.9 Å². The maximum absolute atomic E-state index is 13.4. The van der Waals surface area contributed by atoms with Gasteiger partial charge in [-0.05, 0) is 60.4 Å². The van der Waals surface area contributed by atoms with Crippen LogP contribution in [0.3, 0.4) is 0 Å². The lowest BCUT2D eigenvalue weighted by atomic mass is 9.63. The van der Waals surface area contributed by atoms with Crippen molar-refractivity contribution in [1.82, 2.24) is 0 Å². The molecule has 5 aliphatic rings. The van der Waals surface area contributed by atoms with Crippen LogP contribution in [0.4, 0.5) is 5.69 Å². The number of imide groups is 1. The van der Waals surface area contributed by atoms with Gasteiger partial charge in [0.05, 0.1) is 28.1 Å². The average molecular weight is 496 g/mol. The van der Waals surface area contributed by atoms with E-state index in [1.165, 1.54) is 24.3 Å². The third kappa shape index (κ3) is 3.16. The smallest absolute Gasteiger partial charge is 0.340 e. The zero-order chi connectivity index (χ0) is 23.7. The molecule has 2 aromatic rings. The molecule has 0 N–H and O–H groups in total. The molecule has 6 nitrogen and oxygen atoms in total. The molecule has 2 saturated carbocycles. The van der Waals surface area contributed by atoms with E-state index in [1.807, 2.05) is 0 Å². The van der Waals surface area contributed by atoms with E-state index in [9.17, 15) is 19.2 Å². The van der Waals surface area contributed by atoms with Gasteiger partial charge in [0, 0.05) is 10.6 Å². The Kier molecular flexibility index (Phi) is 4.94. The van der Waals surface area contributed by atoms with E-state index in [-0.39, 0.29) is 57.3 Å². The molecule has 1 saturated heterocycles. The first kappa shape index (κ1) is 21.6. The Bertz CT molecular complexity index is 1270. The number of anilines is 1. The number of nitrogens with zero attached hydrogens (tertiary/aromatic N) is 1. The minimum absolute atomic E-state index is 0.0586. The molecule has 172 valence electrons. The van der Waals surface area contributed by atoms with Gasteiger partial charge in [-0.3, -0.25) is 14.4 Å². The number of hydrogen-bond donors (Lipinski definition) is 0. The molecule has 34 heavy (non-hydrogen) atoms. The highest BCUT2D eigenvalue weighted by Crippen LogP contribution is 2.65. The molecular formula is C26H19Cl2NO5. The molecule has 4 aliphatic carbocycles. The maximum Gasteiger partial charge on any atom is 0.340 e. The molecule has 2 amide bonds. The minimum atomic E-state index is -0.798. The Morgan fingerprint density at radius 3 is 2.21 bits per heavy atom. The predicted octanol–water partition coefficient (Wildman–Crippen LogP) is 4.59. The van der Waals surface area contributed by atoms with Gasteiger partial charge in [0.15, 0.2) is 6.61 Å². The van der Waals surface area contributed by atoms with Gasteiger partial charge in [0.2, 0.25) is 17.6 Å². The summed E-state index contributed by atoms with van der Waals surface area (Å²) in [4.78, 5) is 53.5. The van der Waals surface area contributed by atoms with Crippen LogP contribution in [0, 0.1) is 35.5 Å². The highest BCUT2D eigenvalue weighted by Gasteiger charge is 2.67. The molecule has 0 aromatic heterocycles. The summed E-state index contributed by atoms with van der Waals surface area (Å²) in [5.74, 6) is -1.41. The number of hydrogen-bond acceptors (Lipinski definition) is 5. The number of ether oxygens (including phenoxy) is 1. The van der Waals surface area contributed by atoms with Gasteiger partial charge in [0.25, 0.3) is 0 Å². The zero-order valence-corrected chi connectivity index (χ0v) is 19.3. The van der Waals surface area contributed by atoms with Crippen molar-refractivity contribution in [3.05, 3.63) is 75.8 Å². The fourth-order valence-corrected chi connectivity index (χ4v) is 6.55. The molecule has 0 unspecified atom stereocenters. The molecule has 0 radical (unpaired) electrons. The summed E-state index contributed by atoms with van der Waals surface area (Å²) in [6.07, 6.45) is 5.27.